The third-order valence-electron chi connectivity index (χ3n) is 4.37. The van der Waals surface area contributed by atoms with E-state index in [1.807, 2.05) is 45.2 Å². The fourth-order valence-corrected chi connectivity index (χ4v) is 3.55. The minimum atomic E-state index is -0.501. The number of likely N-dealkylation sites (N-methyl/N-ethyl adjacent to an activating group) is 1. The normalized spacial score (nSPS) is 13.2. The molecule has 2 aromatic rings. The fraction of sp³-hybridized carbons (Fsp3) is 0.429. The summed E-state index contributed by atoms with van der Waals surface area (Å²) in [4.78, 5) is 2.09. The average molecular weight is 458 g/mol. The molecule has 0 bridgehead atoms. The summed E-state index contributed by atoms with van der Waals surface area (Å²) in [5.74, 6) is -0.404. The van der Waals surface area contributed by atoms with Gasteiger partial charge in [0.1, 0.15) is 5.82 Å². The van der Waals surface area contributed by atoms with E-state index in [0.717, 1.165) is 16.6 Å². The SMILES string of the molecule is CN(Cc1ccccc1Br)C[C@H](O)CNC(C)(C)Cc1ccc(Cl)c(F)c1. The number of aliphatic hydroxyl groups excluding tert-OH is 1. The molecule has 0 saturated heterocycles. The number of β-amino-alcohol motifs (C(OH)–C–C–N with tert-alkyl or cyclic N) is 1. The predicted octanol–water partition coefficient (Wildman–Crippen LogP) is 4.65. The number of hydrogen-bond acceptors (Lipinski definition) is 3. The van der Waals surface area contributed by atoms with E-state index in [2.05, 4.69) is 32.2 Å². The molecule has 0 aliphatic carbocycles. The van der Waals surface area contributed by atoms with Gasteiger partial charge >= 0.3 is 0 Å². The second kappa shape index (κ2) is 9.99. The zero-order valence-electron chi connectivity index (χ0n) is 16.0. The van der Waals surface area contributed by atoms with Gasteiger partial charge in [-0.1, -0.05) is 51.8 Å². The number of halogens is 3. The van der Waals surface area contributed by atoms with E-state index in [4.69, 9.17) is 11.6 Å². The first-order chi connectivity index (χ1) is 12.7. The van der Waals surface area contributed by atoms with Gasteiger partial charge in [0.15, 0.2) is 0 Å². The summed E-state index contributed by atoms with van der Waals surface area (Å²) in [6.45, 7) is 5.85. The zero-order valence-corrected chi connectivity index (χ0v) is 18.3. The van der Waals surface area contributed by atoms with Gasteiger partial charge in [0, 0.05) is 29.6 Å². The van der Waals surface area contributed by atoms with Crippen LogP contribution in [0.15, 0.2) is 46.9 Å². The van der Waals surface area contributed by atoms with Crippen LogP contribution in [0.5, 0.6) is 0 Å². The highest BCUT2D eigenvalue weighted by Crippen LogP contribution is 2.20. The summed E-state index contributed by atoms with van der Waals surface area (Å²) in [6, 6.07) is 13.0. The summed E-state index contributed by atoms with van der Waals surface area (Å²) in [6.07, 6.45) is 0.138. The van der Waals surface area contributed by atoms with E-state index >= 15 is 0 Å². The van der Waals surface area contributed by atoms with Crippen molar-refractivity contribution in [2.45, 2.75) is 38.5 Å². The van der Waals surface area contributed by atoms with Crippen molar-refractivity contribution >= 4 is 27.5 Å². The van der Waals surface area contributed by atoms with Crippen molar-refractivity contribution in [2.75, 3.05) is 20.1 Å². The molecular weight excluding hydrogens is 431 g/mol. The average Bonchev–Trinajstić information content (AvgIpc) is 2.58. The van der Waals surface area contributed by atoms with E-state index < -0.39 is 11.9 Å². The molecule has 27 heavy (non-hydrogen) atoms. The zero-order chi connectivity index (χ0) is 20.0. The molecule has 1 atom stereocenters. The lowest BCUT2D eigenvalue weighted by Gasteiger charge is -2.29. The molecule has 0 spiro atoms. The second-order valence-corrected chi connectivity index (χ2v) is 8.89. The summed E-state index contributed by atoms with van der Waals surface area (Å²) >= 11 is 9.29. The molecule has 2 aromatic carbocycles. The minimum Gasteiger partial charge on any atom is -0.390 e. The molecule has 0 unspecified atom stereocenters. The molecule has 3 nitrogen and oxygen atoms in total. The third kappa shape index (κ3) is 7.51. The first kappa shape index (κ1) is 22.3. The maximum atomic E-state index is 13.6. The highest BCUT2D eigenvalue weighted by Gasteiger charge is 2.20. The molecule has 2 rings (SSSR count). The molecule has 0 saturated carbocycles. The minimum absolute atomic E-state index is 0.132. The monoisotopic (exact) mass is 456 g/mol. The molecule has 148 valence electrons. The van der Waals surface area contributed by atoms with Crippen molar-refractivity contribution in [1.82, 2.24) is 10.2 Å². The van der Waals surface area contributed by atoms with Crippen molar-refractivity contribution in [1.29, 1.82) is 0 Å². The maximum absolute atomic E-state index is 13.6. The van der Waals surface area contributed by atoms with Crippen LogP contribution in [0.25, 0.3) is 0 Å². The number of nitrogens with one attached hydrogen (secondary N) is 1. The lowest BCUT2D eigenvalue weighted by atomic mass is 9.94. The Hall–Kier alpha value is -0.980. The molecular formula is C21H27BrClFN2O. The number of benzene rings is 2. The van der Waals surface area contributed by atoms with Crippen LogP contribution in [0.4, 0.5) is 4.39 Å². The van der Waals surface area contributed by atoms with E-state index in [9.17, 15) is 9.50 Å². The summed E-state index contributed by atoms with van der Waals surface area (Å²) < 4.78 is 14.7. The topological polar surface area (TPSA) is 35.5 Å². The van der Waals surface area contributed by atoms with Gasteiger partial charge in [-0.05, 0) is 56.6 Å². The van der Waals surface area contributed by atoms with Gasteiger partial charge in [0.2, 0.25) is 0 Å². The van der Waals surface area contributed by atoms with Crippen LogP contribution in [-0.4, -0.2) is 41.8 Å². The molecule has 6 heteroatoms. The highest BCUT2D eigenvalue weighted by atomic mass is 79.9. The van der Waals surface area contributed by atoms with Crippen LogP contribution in [0.2, 0.25) is 5.02 Å². The highest BCUT2D eigenvalue weighted by molar-refractivity contribution is 9.10. The third-order valence-corrected chi connectivity index (χ3v) is 5.45. The van der Waals surface area contributed by atoms with E-state index in [1.54, 1.807) is 6.07 Å². The van der Waals surface area contributed by atoms with E-state index in [1.165, 1.54) is 11.6 Å². The van der Waals surface area contributed by atoms with Crippen LogP contribution >= 0.6 is 27.5 Å². The predicted molar refractivity (Wildman–Crippen MR) is 114 cm³/mol. The Morgan fingerprint density at radius 1 is 1.26 bits per heavy atom. The van der Waals surface area contributed by atoms with E-state index in [0.29, 0.717) is 19.5 Å². The Morgan fingerprint density at radius 3 is 2.63 bits per heavy atom. The fourth-order valence-electron chi connectivity index (χ4n) is 3.02. The van der Waals surface area contributed by atoms with E-state index in [-0.39, 0.29) is 10.6 Å². The van der Waals surface area contributed by atoms with Gasteiger partial charge in [-0.25, -0.2) is 4.39 Å². The Balaban J connectivity index is 1.81. The van der Waals surface area contributed by atoms with Crippen molar-refractivity contribution in [2.24, 2.45) is 0 Å². The van der Waals surface area contributed by atoms with Gasteiger partial charge < -0.3 is 10.4 Å². The lowest BCUT2D eigenvalue weighted by molar-refractivity contribution is 0.113. The first-order valence-electron chi connectivity index (χ1n) is 8.95. The molecule has 0 aliphatic rings. The van der Waals surface area contributed by atoms with Crippen LogP contribution < -0.4 is 5.32 Å². The van der Waals surface area contributed by atoms with Gasteiger partial charge in [0.25, 0.3) is 0 Å². The largest absolute Gasteiger partial charge is 0.390 e. The number of rotatable bonds is 9. The lowest BCUT2D eigenvalue weighted by Crippen LogP contribution is -2.47. The van der Waals surface area contributed by atoms with Crippen LogP contribution in [0.1, 0.15) is 25.0 Å². The molecule has 2 N–H and O–H groups in total. The molecule has 0 amide bonds. The van der Waals surface area contributed by atoms with Crippen molar-refractivity contribution < 1.29 is 9.50 Å². The molecule has 0 fully saturated rings. The van der Waals surface area contributed by atoms with Crippen LogP contribution in [0.3, 0.4) is 0 Å². The molecule has 0 aromatic heterocycles. The summed E-state index contributed by atoms with van der Waals surface area (Å²) in [7, 11) is 1.99. The summed E-state index contributed by atoms with van der Waals surface area (Å²) in [5.41, 5.74) is 1.78. The van der Waals surface area contributed by atoms with Crippen molar-refractivity contribution in [3.05, 3.63) is 68.9 Å². The quantitative estimate of drug-likeness (QED) is 0.575. The summed E-state index contributed by atoms with van der Waals surface area (Å²) in [5, 5.41) is 13.9. The molecule has 0 radical (unpaired) electrons. The number of aliphatic hydroxyl groups is 1. The first-order valence-corrected chi connectivity index (χ1v) is 10.1. The maximum Gasteiger partial charge on any atom is 0.142 e. The molecule has 0 heterocycles. The van der Waals surface area contributed by atoms with Crippen LogP contribution in [0, 0.1) is 5.82 Å². The van der Waals surface area contributed by atoms with Gasteiger partial charge in [0.05, 0.1) is 11.1 Å². The second-order valence-electron chi connectivity index (χ2n) is 7.63. The Bertz CT molecular complexity index is 757. The Labute approximate surface area is 174 Å². The standard InChI is InChI=1S/C21H27BrClFN2O/c1-21(2,11-15-8-9-19(23)20(24)10-15)25-12-17(27)14-26(3)13-16-6-4-5-7-18(16)22/h4-10,17,25,27H,11-14H2,1-3H3/t17-/m1/s1. The van der Waals surface area contributed by atoms with Crippen molar-refractivity contribution in [3.63, 3.8) is 0 Å². The smallest absolute Gasteiger partial charge is 0.142 e. The van der Waals surface area contributed by atoms with Crippen LogP contribution in [-0.2, 0) is 13.0 Å². The van der Waals surface area contributed by atoms with Gasteiger partial charge in [-0.3, -0.25) is 4.90 Å². The number of nitrogens with zero attached hydrogens (tertiary/aromatic N) is 1. The molecule has 0 aliphatic heterocycles. The van der Waals surface area contributed by atoms with Crippen molar-refractivity contribution in [3.8, 4) is 0 Å². The number of hydrogen-bond donors (Lipinski definition) is 2. The van der Waals surface area contributed by atoms with Gasteiger partial charge in [-0.15, -0.1) is 0 Å². The van der Waals surface area contributed by atoms with Gasteiger partial charge in [-0.2, -0.15) is 0 Å². The Morgan fingerprint density at radius 2 is 1.96 bits per heavy atom. The Kier molecular flexibility index (Phi) is 8.25.